The first-order valence-corrected chi connectivity index (χ1v) is 11.6. The van der Waals surface area contributed by atoms with Crippen LogP contribution >= 0.6 is 0 Å². The molecule has 2 aliphatic rings. The molecule has 1 heterocycles. The van der Waals surface area contributed by atoms with Crippen molar-refractivity contribution in [3.05, 3.63) is 54.1 Å². The van der Waals surface area contributed by atoms with Gasteiger partial charge in [0.25, 0.3) is 0 Å². The van der Waals surface area contributed by atoms with Crippen LogP contribution in [0.4, 0.5) is 5.69 Å². The number of nitrogens with zero attached hydrogens (tertiary/aromatic N) is 2. The van der Waals surface area contributed by atoms with Crippen LogP contribution in [0, 0.1) is 0 Å². The molecule has 0 spiro atoms. The zero-order chi connectivity index (χ0) is 23.6. The Morgan fingerprint density at radius 3 is 2.21 bits per heavy atom. The SMILES string of the molecule is CCc1ccccc1.COc1ccc(N2CCN(C(=O)CC(=O)O)CC2)cc1OC1CCC1. The number of ether oxygens (including phenoxy) is 2. The Labute approximate surface area is 195 Å². The second-order valence-corrected chi connectivity index (χ2v) is 8.28. The summed E-state index contributed by atoms with van der Waals surface area (Å²) in [6.07, 6.45) is 4.34. The lowest BCUT2D eigenvalue weighted by atomic mass is 9.96. The van der Waals surface area contributed by atoms with Crippen LogP contribution in [0.5, 0.6) is 11.5 Å². The Kier molecular flexibility index (Phi) is 8.98. The second-order valence-electron chi connectivity index (χ2n) is 8.28. The average Bonchev–Trinajstić information content (AvgIpc) is 2.82. The molecule has 1 saturated carbocycles. The Hall–Kier alpha value is -3.22. The fourth-order valence-corrected chi connectivity index (χ4v) is 3.79. The van der Waals surface area contributed by atoms with E-state index in [4.69, 9.17) is 14.6 Å². The van der Waals surface area contributed by atoms with Crippen LogP contribution in [0.25, 0.3) is 0 Å². The van der Waals surface area contributed by atoms with Crippen LogP contribution in [0.3, 0.4) is 0 Å². The first-order chi connectivity index (χ1) is 16.0. The van der Waals surface area contributed by atoms with Gasteiger partial charge in [0.05, 0.1) is 13.2 Å². The summed E-state index contributed by atoms with van der Waals surface area (Å²) in [5.74, 6) is 0.0799. The van der Waals surface area contributed by atoms with E-state index in [2.05, 4.69) is 36.1 Å². The molecule has 0 aromatic heterocycles. The number of anilines is 1. The van der Waals surface area contributed by atoms with Gasteiger partial charge in [-0.3, -0.25) is 9.59 Å². The van der Waals surface area contributed by atoms with Gasteiger partial charge in [-0.1, -0.05) is 37.3 Å². The number of aliphatic carboxylic acids is 1. The average molecular weight is 455 g/mol. The Balaban J connectivity index is 0.000000323. The van der Waals surface area contributed by atoms with Crippen molar-refractivity contribution in [2.45, 2.75) is 45.1 Å². The molecule has 1 aliphatic carbocycles. The van der Waals surface area contributed by atoms with Gasteiger partial charge in [0, 0.05) is 37.9 Å². The van der Waals surface area contributed by atoms with Crippen molar-refractivity contribution in [1.82, 2.24) is 4.90 Å². The molecule has 0 atom stereocenters. The van der Waals surface area contributed by atoms with E-state index >= 15 is 0 Å². The van der Waals surface area contributed by atoms with Gasteiger partial charge in [0.1, 0.15) is 6.42 Å². The molecule has 2 aromatic rings. The standard InChI is InChI=1S/C18H24N2O5.C8H10/c1-24-15-6-5-13(11-16(15)25-14-3-2-4-14)19-7-9-20(10-8-19)17(21)12-18(22)23;1-2-8-6-4-3-5-7-8/h5-6,11,14H,2-4,7-10,12H2,1H3,(H,22,23);3-7H,2H2,1H3. The molecule has 1 N–H and O–H groups in total. The summed E-state index contributed by atoms with van der Waals surface area (Å²) in [5, 5.41) is 8.74. The third-order valence-electron chi connectivity index (χ3n) is 6.04. The molecule has 0 bridgehead atoms. The fraction of sp³-hybridized carbons (Fsp3) is 0.462. The third kappa shape index (κ3) is 7.14. The summed E-state index contributed by atoms with van der Waals surface area (Å²) in [6, 6.07) is 16.3. The summed E-state index contributed by atoms with van der Waals surface area (Å²) in [7, 11) is 1.63. The highest BCUT2D eigenvalue weighted by Gasteiger charge is 2.25. The van der Waals surface area contributed by atoms with Crippen molar-refractivity contribution in [2.24, 2.45) is 0 Å². The third-order valence-corrected chi connectivity index (χ3v) is 6.04. The first kappa shape index (κ1) is 24.4. The second kappa shape index (κ2) is 12.1. The van der Waals surface area contributed by atoms with E-state index in [0.717, 1.165) is 36.4 Å². The van der Waals surface area contributed by atoms with Crippen LogP contribution in [-0.2, 0) is 16.0 Å². The Morgan fingerprint density at radius 1 is 1.00 bits per heavy atom. The number of amides is 1. The monoisotopic (exact) mass is 454 g/mol. The molecule has 7 heteroatoms. The number of carboxylic acids is 1. The molecule has 1 amide bonds. The molecule has 2 aromatic carbocycles. The quantitative estimate of drug-likeness (QED) is 0.637. The Morgan fingerprint density at radius 2 is 1.70 bits per heavy atom. The molecular weight excluding hydrogens is 420 g/mol. The summed E-state index contributed by atoms with van der Waals surface area (Å²) < 4.78 is 11.4. The van der Waals surface area contributed by atoms with E-state index < -0.39 is 12.4 Å². The number of methoxy groups -OCH3 is 1. The van der Waals surface area contributed by atoms with E-state index in [1.165, 1.54) is 12.0 Å². The molecule has 0 unspecified atom stereocenters. The minimum atomic E-state index is -1.08. The van der Waals surface area contributed by atoms with Crippen molar-refractivity contribution >= 4 is 17.6 Å². The molecule has 33 heavy (non-hydrogen) atoms. The molecule has 178 valence electrons. The minimum Gasteiger partial charge on any atom is -0.493 e. The van der Waals surface area contributed by atoms with Crippen LogP contribution in [-0.4, -0.2) is 61.3 Å². The fourth-order valence-electron chi connectivity index (χ4n) is 3.79. The van der Waals surface area contributed by atoms with Crippen molar-refractivity contribution < 1.29 is 24.2 Å². The highest BCUT2D eigenvalue weighted by Crippen LogP contribution is 2.35. The number of benzene rings is 2. The zero-order valence-corrected chi connectivity index (χ0v) is 19.5. The topological polar surface area (TPSA) is 79.3 Å². The summed E-state index contributed by atoms with van der Waals surface area (Å²) >= 11 is 0. The van der Waals surface area contributed by atoms with Crippen LogP contribution < -0.4 is 14.4 Å². The van der Waals surface area contributed by atoms with E-state index in [-0.39, 0.29) is 12.0 Å². The van der Waals surface area contributed by atoms with Crippen molar-refractivity contribution in [3.8, 4) is 11.5 Å². The van der Waals surface area contributed by atoms with Gasteiger partial charge in [-0.15, -0.1) is 0 Å². The molecule has 1 aliphatic heterocycles. The van der Waals surface area contributed by atoms with Gasteiger partial charge in [-0.25, -0.2) is 0 Å². The minimum absolute atomic E-state index is 0.273. The molecule has 1 saturated heterocycles. The van der Waals surface area contributed by atoms with E-state index in [0.29, 0.717) is 26.2 Å². The largest absolute Gasteiger partial charge is 0.493 e. The molecule has 2 fully saturated rings. The van der Waals surface area contributed by atoms with Gasteiger partial charge in [-0.2, -0.15) is 0 Å². The predicted molar refractivity (Wildman–Crippen MR) is 128 cm³/mol. The van der Waals surface area contributed by atoms with E-state index in [9.17, 15) is 9.59 Å². The van der Waals surface area contributed by atoms with Crippen LogP contribution in [0.15, 0.2) is 48.5 Å². The van der Waals surface area contributed by atoms with Crippen molar-refractivity contribution in [1.29, 1.82) is 0 Å². The van der Waals surface area contributed by atoms with Gasteiger partial charge >= 0.3 is 5.97 Å². The number of carboxylic acid groups (broad SMARTS) is 1. The van der Waals surface area contributed by atoms with Gasteiger partial charge in [0.15, 0.2) is 11.5 Å². The number of carbonyl (C=O) groups excluding carboxylic acids is 1. The lowest BCUT2D eigenvalue weighted by Gasteiger charge is -2.36. The highest BCUT2D eigenvalue weighted by molar-refractivity contribution is 5.93. The van der Waals surface area contributed by atoms with E-state index in [1.807, 2.05) is 24.3 Å². The maximum absolute atomic E-state index is 11.8. The predicted octanol–water partition coefficient (Wildman–Crippen LogP) is 4.00. The van der Waals surface area contributed by atoms with Gasteiger partial charge in [0.2, 0.25) is 5.91 Å². The number of hydrogen-bond acceptors (Lipinski definition) is 5. The number of carbonyl (C=O) groups is 2. The van der Waals surface area contributed by atoms with Crippen LogP contribution in [0.1, 0.15) is 38.2 Å². The van der Waals surface area contributed by atoms with Crippen LogP contribution in [0.2, 0.25) is 0 Å². The number of aryl methyl sites for hydroxylation is 1. The molecule has 7 nitrogen and oxygen atoms in total. The molecular formula is C26H34N2O5. The summed E-state index contributed by atoms with van der Waals surface area (Å²) in [5.41, 5.74) is 2.44. The number of rotatable bonds is 7. The van der Waals surface area contributed by atoms with Gasteiger partial charge < -0.3 is 24.4 Å². The normalized spacial score (nSPS) is 15.7. The van der Waals surface area contributed by atoms with Gasteiger partial charge in [-0.05, 0) is 43.4 Å². The lowest BCUT2D eigenvalue weighted by molar-refractivity contribution is -0.144. The summed E-state index contributed by atoms with van der Waals surface area (Å²) in [6.45, 7) is 4.55. The van der Waals surface area contributed by atoms with Crippen molar-refractivity contribution in [3.63, 3.8) is 0 Å². The zero-order valence-electron chi connectivity index (χ0n) is 19.5. The van der Waals surface area contributed by atoms with E-state index in [1.54, 1.807) is 12.0 Å². The smallest absolute Gasteiger partial charge is 0.312 e. The first-order valence-electron chi connectivity index (χ1n) is 11.6. The maximum Gasteiger partial charge on any atom is 0.312 e. The molecule has 4 rings (SSSR count). The summed E-state index contributed by atoms with van der Waals surface area (Å²) in [4.78, 5) is 26.3. The number of piperazine rings is 1. The maximum atomic E-state index is 11.8. The lowest BCUT2D eigenvalue weighted by Crippen LogP contribution is -2.49. The Bertz CT molecular complexity index is 906. The highest BCUT2D eigenvalue weighted by atomic mass is 16.5. The number of hydrogen-bond donors (Lipinski definition) is 1. The van der Waals surface area contributed by atoms with Crippen molar-refractivity contribution in [2.75, 3.05) is 38.2 Å². The molecule has 0 radical (unpaired) electrons.